The number of nitrogens with two attached hydrogens (primary N) is 1. The summed E-state index contributed by atoms with van der Waals surface area (Å²) in [4.78, 5) is 13.8. The van der Waals surface area contributed by atoms with Crippen molar-refractivity contribution < 1.29 is 9.90 Å². The number of likely N-dealkylation sites (tertiary alicyclic amines) is 1. The van der Waals surface area contributed by atoms with Crippen LogP contribution in [0.2, 0.25) is 0 Å². The molecule has 1 aromatic rings. The minimum atomic E-state index is -0.0998. The number of anilines is 1. The van der Waals surface area contributed by atoms with E-state index in [2.05, 4.69) is 0 Å². The molecule has 0 bridgehead atoms. The third-order valence-electron chi connectivity index (χ3n) is 2.90. The van der Waals surface area contributed by atoms with Crippen LogP contribution in [0.1, 0.15) is 29.6 Å². The third kappa shape index (κ3) is 2.10. The van der Waals surface area contributed by atoms with Crippen LogP contribution in [0.3, 0.4) is 0 Å². The highest BCUT2D eigenvalue weighted by molar-refractivity contribution is 5.97. The summed E-state index contributed by atoms with van der Waals surface area (Å²) < 4.78 is 0. The maximum atomic E-state index is 12.1. The van der Waals surface area contributed by atoms with Gasteiger partial charge in [-0.15, -0.1) is 0 Å². The van der Waals surface area contributed by atoms with E-state index in [-0.39, 0.29) is 11.7 Å². The maximum absolute atomic E-state index is 12.1. The van der Waals surface area contributed by atoms with Gasteiger partial charge in [0, 0.05) is 24.8 Å². The Balaban J connectivity index is 2.19. The summed E-state index contributed by atoms with van der Waals surface area (Å²) in [6, 6.07) is 4.63. The molecule has 16 heavy (non-hydrogen) atoms. The Labute approximate surface area is 94.7 Å². The number of carbonyl (C=O) groups excluding carboxylic acids is 1. The molecule has 3 N–H and O–H groups in total. The summed E-state index contributed by atoms with van der Waals surface area (Å²) >= 11 is 0. The van der Waals surface area contributed by atoms with Crippen molar-refractivity contribution in [3.05, 3.63) is 23.8 Å². The fraction of sp³-hybridized carbons (Fsp3) is 0.417. The Kier molecular flexibility index (Phi) is 2.99. The van der Waals surface area contributed by atoms with Gasteiger partial charge in [-0.05, 0) is 31.4 Å². The van der Waals surface area contributed by atoms with Crippen molar-refractivity contribution in [3.8, 4) is 5.75 Å². The van der Waals surface area contributed by atoms with Gasteiger partial charge in [-0.2, -0.15) is 0 Å². The highest BCUT2D eigenvalue weighted by Gasteiger charge is 2.20. The Hall–Kier alpha value is -1.71. The van der Waals surface area contributed by atoms with Crippen LogP contribution in [0, 0.1) is 0 Å². The van der Waals surface area contributed by atoms with Gasteiger partial charge in [-0.1, -0.05) is 0 Å². The summed E-state index contributed by atoms with van der Waals surface area (Å²) in [5.41, 5.74) is 6.33. The minimum Gasteiger partial charge on any atom is -0.507 e. The van der Waals surface area contributed by atoms with Crippen molar-refractivity contribution in [3.63, 3.8) is 0 Å². The lowest BCUT2D eigenvalue weighted by Gasteiger charge is -2.26. The van der Waals surface area contributed by atoms with E-state index in [4.69, 9.17) is 5.73 Å². The molecule has 1 amide bonds. The number of phenolic OH excluding ortho intramolecular Hbond substituents is 1. The Bertz CT molecular complexity index is 398. The van der Waals surface area contributed by atoms with E-state index in [1.807, 2.05) is 0 Å². The summed E-state index contributed by atoms with van der Waals surface area (Å²) in [5, 5.41) is 9.66. The van der Waals surface area contributed by atoms with E-state index in [0.29, 0.717) is 11.3 Å². The van der Waals surface area contributed by atoms with Crippen molar-refractivity contribution >= 4 is 11.6 Å². The van der Waals surface area contributed by atoms with E-state index >= 15 is 0 Å². The topological polar surface area (TPSA) is 66.6 Å². The predicted octanol–water partition coefficient (Wildman–Crippen LogP) is 1.60. The van der Waals surface area contributed by atoms with Gasteiger partial charge in [-0.3, -0.25) is 4.79 Å². The first kappa shape index (κ1) is 10.8. The van der Waals surface area contributed by atoms with E-state index < -0.39 is 0 Å². The number of aromatic hydroxyl groups is 1. The largest absolute Gasteiger partial charge is 0.507 e. The first-order valence-electron chi connectivity index (χ1n) is 5.56. The number of nitrogen functional groups attached to an aromatic ring is 1. The SMILES string of the molecule is Nc1ccc(C(=O)N2CCCCC2)c(O)c1. The van der Waals surface area contributed by atoms with Crippen LogP contribution in [0.4, 0.5) is 5.69 Å². The lowest BCUT2D eigenvalue weighted by molar-refractivity contribution is 0.0721. The quantitative estimate of drug-likeness (QED) is 0.706. The molecule has 2 rings (SSSR count). The molecule has 0 spiro atoms. The monoisotopic (exact) mass is 220 g/mol. The van der Waals surface area contributed by atoms with Crippen molar-refractivity contribution in [1.82, 2.24) is 4.90 Å². The molecule has 0 saturated carbocycles. The van der Waals surface area contributed by atoms with E-state index in [1.165, 1.54) is 12.5 Å². The van der Waals surface area contributed by atoms with Crippen LogP contribution in [0.15, 0.2) is 18.2 Å². The second-order valence-corrected chi connectivity index (χ2v) is 4.13. The molecule has 0 aliphatic carbocycles. The molecule has 0 aromatic heterocycles. The molecular weight excluding hydrogens is 204 g/mol. The third-order valence-corrected chi connectivity index (χ3v) is 2.90. The average molecular weight is 220 g/mol. The smallest absolute Gasteiger partial charge is 0.257 e. The molecular formula is C12H16N2O2. The molecule has 4 heteroatoms. The molecule has 4 nitrogen and oxygen atoms in total. The number of benzene rings is 1. The zero-order valence-electron chi connectivity index (χ0n) is 9.15. The highest BCUT2D eigenvalue weighted by Crippen LogP contribution is 2.23. The van der Waals surface area contributed by atoms with E-state index in [0.717, 1.165) is 25.9 Å². The predicted molar refractivity (Wildman–Crippen MR) is 62.3 cm³/mol. The summed E-state index contributed by atoms with van der Waals surface area (Å²) in [6.07, 6.45) is 3.26. The van der Waals surface area contributed by atoms with Gasteiger partial charge < -0.3 is 15.7 Å². The number of piperidine rings is 1. The zero-order chi connectivity index (χ0) is 11.5. The van der Waals surface area contributed by atoms with Crippen LogP contribution < -0.4 is 5.73 Å². The summed E-state index contributed by atoms with van der Waals surface area (Å²) in [7, 11) is 0. The normalized spacial score (nSPS) is 16.1. The molecule has 86 valence electrons. The fourth-order valence-electron chi connectivity index (χ4n) is 2.00. The van der Waals surface area contributed by atoms with Gasteiger partial charge in [0.1, 0.15) is 5.75 Å². The number of hydrogen-bond donors (Lipinski definition) is 2. The number of phenols is 1. The van der Waals surface area contributed by atoms with Crippen molar-refractivity contribution in [2.24, 2.45) is 0 Å². The molecule has 1 aliphatic rings. The molecule has 1 heterocycles. The van der Waals surface area contributed by atoms with Gasteiger partial charge in [0.05, 0.1) is 5.56 Å². The van der Waals surface area contributed by atoms with Gasteiger partial charge in [0.2, 0.25) is 0 Å². The van der Waals surface area contributed by atoms with Crippen LogP contribution in [0.25, 0.3) is 0 Å². The first-order chi connectivity index (χ1) is 7.68. The van der Waals surface area contributed by atoms with Gasteiger partial charge in [-0.25, -0.2) is 0 Å². The Morgan fingerprint density at radius 2 is 1.94 bits per heavy atom. The van der Waals surface area contributed by atoms with Crippen LogP contribution in [-0.4, -0.2) is 29.0 Å². The second-order valence-electron chi connectivity index (χ2n) is 4.13. The second kappa shape index (κ2) is 4.43. The summed E-state index contributed by atoms with van der Waals surface area (Å²) in [6.45, 7) is 1.56. The molecule has 1 saturated heterocycles. The van der Waals surface area contributed by atoms with Crippen molar-refractivity contribution in [1.29, 1.82) is 0 Å². The number of carbonyl (C=O) groups is 1. The molecule has 0 radical (unpaired) electrons. The van der Waals surface area contributed by atoms with Gasteiger partial charge in [0.15, 0.2) is 0 Å². The maximum Gasteiger partial charge on any atom is 0.257 e. The fourth-order valence-corrected chi connectivity index (χ4v) is 2.00. The lowest BCUT2D eigenvalue weighted by Crippen LogP contribution is -2.35. The van der Waals surface area contributed by atoms with E-state index in [9.17, 15) is 9.90 Å². The Morgan fingerprint density at radius 1 is 1.25 bits per heavy atom. The van der Waals surface area contributed by atoms with Gasteiger partial charge in [0.25, 0.3) is 5.91 Å². The molecule has 0 atom stereocenters. The standard InChI is InChI=1S/C12H16N2O2/c13-9-4-5-10(11(15)8-9)12(16)14-6-2-1-3-7-14/h4-5,8,15H,1-3,6-7,13H2. The zero-order valence-corrected chi connectivity index (χ0v) is 9.15. The molecule has 0 unspecified atom stereocenters. The lowest BCUT2D eigenvalue weighted by atomic mass is 10.1. The van der Waals surface area contributed by atoms with E-state index in [1.54, 1.807) is 17.0 Å². The first-order valence-corrected chi connectivity index (χ1v) is 5.56. The summed E-state index contributed by atoms with van der Waals surface area (Å²) in [5.74, 6) is -0.132. The molecule has 1 fully saturated rings. The number of hydrogen-bond acceptors (Lipinski definition) is 3. The highest BCUT2D eigenvalue weighted by atomic mass is 16.3. The van der Waals surface area contributed by atoms with Crippen molar-refractivity contribution in [2.75, 3.05) is 18.8 Å². The number of amides is 1. The number of nitrogens with zero attached hydrogens (tertiary/aromatic N) is 1. The molecule has 1 aromatic carbocycles. The Morgan fingerprint density at radius 3 is 2.56 bits per heavy atom. The van der Waals surface area contributed by atoms with Crippen LogP contribution in [0.5, 0.6) is 5.75 Å². The van der Waals surface area contributed by atoms with Gasteiger partial charge >= 0.3 is 0 Å². The van der Waals surface area contributed by atoms with Crippen LogP contribution in [-0.2, 0) is 0 Å². The average Bonchev–Trinajstić information content (AvgIpc) is 2.29. The number of rotatable bonds is 1. The van der Waals surface area contributed by atoms with Crippen molar-refractivity contribution in [2.45, 2.75) is 19.3 Å². The minimum absolute atomic E-state index is 0.0319. The molecule has 1 aliphatic heterocycles. The van der Waals surface area contributed by atoms with Crippen LogP contribution >= 0.6 is 0 Å².